The van der Waals surface area contributed by atoms with E-state index < -0.39 is 5.97 Å². The number of methoxy groups -OCH3 is 1. The summed E-state index contributed by atoms with van der Waals surface area (Å²) in [6, 6.07) is 10.7. The smallest absolute Gasteiger partial charge is 0.342 e. The number of nitrogens with zero attached hydrogens (tertiary/aromatic N) is 2. The van der Waals surface area contributed by atoms with E-state index in [4.69, 9.17) is 14.0 Å². The predicted octanol–water partition coefficient (Wildman–Crippen LogP) is 2.51. The average molecular weight is 342 g/mol. The number of aromatic hydroxyl groups is 2. The lowest BCUT2D eigenvalue weighted by Gasteiger charge is -2.04. The van der Waals surface area contributed by atoms with E-state index in [1.54, 1.807) is 12.1 Å². The third-order valence-corrected chi connectivity index (χ3v) is 3.34. The first kappa shape index (κ1) is 16.3. The van der Waals surface area contributed by atoms with Crippen LogP contribution >= 0.6 is 0 Å². The second-order valence-electron chi connectivity index (χ2n) is 4.99. The van der Waals surface area contributed by atoms with Crippen molar-refractivity contribution in [3.8, 4) is 28.6 Å². The topological polar surface area (TPSA) is 115 Å². The summed E-state index contributed by atoms with van der Waals surface area (Å²) in [4.78, 5) is 16.1. The Labute approximate surface area is 142 Å². The van der Waals surface area contributed by atoms with Crippen molar-refractivity contribution in [2.45, 2.75) is 6.61 Å². The Kier molecular flexibility index (Phi) is 4.51. The van der Waals surface area contributed by atoms with Gasteiger partial charge in [0.05, 0.1) is 12.7 Å². The highest BCUT2D eigenvalue weighted by Gasteiger charge is 2.17. The second-order valence-corrected chi connectivity index (χ2v) is 4.99. The lowest BCUT2D eigenvalue weighted by Crippen LogP contribution is -2.05. The van der Waals surface area contributed by atoms with Crippen LogP contribution in [0.2, 0.25) is 0 Å². The van der Waals surface area contributed by atoms with Gasteiger partial charge in [-0.15, -0.1) is 0 Å². The van der Waals surface area contributed by atoms with Crippen LogP contribution in [0.3, 0.4) is 0 Å². The largest absolute Gasteiger partial charge is 0.508 e. The molecule has 0 atom stereocenters. The van der Waals surface area contributed by atoms with Crippen LogP contribution in [0, 0.1) is 0 Å². The van der Waals surface area contributed by atoms with Crippen molar-refractivity contribution in [3.63, 3.8) is 0 Å². The molecule has 0 aliphatic rings. The number of aromatic nitrogens is 2. The van der Waals surface area contributed by atoms with E-state index in [-0.39, 0.29) is 29.6 Å². The molecule has 0 fully saturated rings. The SMILES string of the molecule is COc1ccccc1-c1noc(COC(=O)c2ccc(O)cc2O)n1. The van der Waals surface area contributed by atoms with Crippen LogP contribution in [0.5, 0.6) is 17.2 Å². The second kappa shape index (κ2) is 6.91. The molecule has 0 amide bonds. The molecule has 0 bridgehead atoms. The highest BCUT2D eigenvalue weighted by molar-refractivity contribution is 5.92. The van der Waals surface area contributed by atoms with Gasteiger partial charge in [-0.3, -0.25) is 0 Å². The highest BCUT2D eigenvalue weighted by Crippen LogP contribution is 2.27. The summed E-state index contributed by atoms with van der Waals surface area (Å²) < 4.78 is 15.3. The van der Waals surface area contributed by atoms with Crippen molar-refractivity contribution in [2.24, 2.45) is 0 Å². The minimum absolute atomic E-state index is 0.0812. The van der Waals surface area contributed by atoms with Crippen molar-refractivity contribution in [3.05, 3.63) is 53.9 Å². The molecule has 1 heterocycles. The third-order valence-electron chi connectivity index (χ3n) is 3.34. The van der Waals surface area contributed by atoms with Crippen LogP contribution in [0.25, 0.3) is 11.4 Å². The van der Waals surface area contributed by atoms with Crippen molar-refractivity contribution < 1.29 is 29.0 Å². The minimum Gasteiger partial charge on any atom is -0.508 e. The van der Waals surface area contributed by atoms with Crippen molar-refractivity contribution in [1.29, 1.82) is 0 Å². The Bertz CT molecular complexity index is 906. The fourth-order valence-electron chi connectivity index (χ4n) is 2.15. The molecule has 2 aromatic carbocycles. The van der Waals surface area contributed by atoms with Gasteiger partial charge in [0.15, 0.2) is 6.61 Å². The van der Waals surface area contributed by atoms with Crippen LogP contribution in [-0.4, -0.2) is 33.4 Å². The molecule has 3 rings (SSSR count). The zero-order valence-corrected chi connectivity index (χ0v) is 13.2. The molecule has 0 spiro atoms. The molecule has 0 aliphatic heterocycles. The number of para-hydroxylation sites is 1. The summed E-state index contributed by atoms with van der Waals surface area (Å²) in [5.74, 6) is -0.350. The van der Waals surface area contributed by atoms with Crippen molar-refractivity contribution >= 4 is 5.97 Å². The number of carbonyl (C=O) groups is 1. The fourth-order valence-corrected chi connectivity index (χ4v) is 2.15. The minimum atomic E-state index is -0.783. The lowest BCUT2D eigenvalue weighted by molar-refractivity contribution is 0.0426. The molecule has 0 aliphatic carbocycles. The van der Waals surface area contributed by atoms with Crippen LogP contribution in [0.4, 0.5) is 0 Å². The van der Waals surface area contributed by atoms with E-state index in [1.807, 2.05) is 12.1 Å². The molecular formula is C17H14N2O6. The standard InChI is InChI=1S/C17H14N2O6/c1-23-14-5-3-2-4-12(14)16-18-15(25-19-16)9-24-17(22)11-7-6-10(20)8-13(11)21/h2-8,20-21H,9H2,1H3. The van der Waals surface area contributed by atoms with Gasteiger partial charge in [-0.25, -0.2) is 4.79 Å². The normalized spacial score (nSPS) is 10.4. The van der Waals surface area contributed by atoms with E-state index in [0.717, 1.165) is 6.07 Å². The first-order valence-corrected chi connectivity index (χ1v) is 7.23. The number of esters is 1. The molecule has 128 valence electrons. The molecule has 8 nitrogen and oxygen atoms in total. The summed E-state index contributed by atoms with van der Waals surface area (Å²) in [7, 11) is 1.53. The Balaban J connectivity index is 1.70. The summed E-state index contributed by atoms with van der Waals surface area (Å²) in [6.45, 7) is -0.263. The maximum atomic E-state index is 12.0. The number of hydrogen-bond acceptors (Lipinski definition) is 8. The van der Waals surface area contributed by atoms with Gasteiger partial charge in [0, 0.05) is 6.07 Å². The highest BCUT2D eigenvalue weighted by atomic mass is 16.6. The van der Waals surface area contributed by atoms with E-state index in [0.29, 0.717) is 17.1 Å². The molecule has 1 aromatic heterocycles. The van der Waals surface area contributed by atoms with E-state index >= 15 is 0 Å². The number of phenols is 2. The monoisotopic (exact) mass is 342 g/mol. The summed E-state index contributed by atoms with van der Waals surface area (Å²) in [6.07, 6.45) is 0. The molecule has 0 saturated carbocycles. The molecule has 0 saturated heterocycles. The van der Waals surface area contributed by atoms with Gasteiger partial charge in [0.1, 0.15) is 22.8 Å². The quantitative estimate of drug-likeness (QED) is 0.680. The van der Waals surface area contributed by atoms with Gasteiger partial charge in [0.2, 0.25) is 5.82 Å². The van der Waals surface area contributed by atoms with Gasteiger partial charge in [-0.2, -0.15) is 4.98 Å². The zero-order valence-electron chi connectivity index (χ0n) is 13.2. The molecule has 8 heteroatoms. The Morgan fingerprint density at radius 1 is 1.20 bits per heavy atom. The van der Waals surface area contributed by atoms with Crippen molar-refractivity contribution in [2.75, 3.05) is 7.11 Å². The van der Waals surface area contributed by atoms with Gasteiger partial charge in [0.25, 0.3) is 5.89 Å². The molecule has 25 heavy (non-hydrogen) atoms. The number of phenolic OH excluding ortho intramolecular Hbond substituents is 2. The van der Waals surface area contributed by atoms with Gasteiger partial charge in [-0.05, 0) is 24.3 Å². The Morgan fingerprint density at radius 2 is 2.00 bits per heavy atom. The average Bonchev–Trinajstić information content (AvgIpc) is 3.08. The molecule has 0 radical (unpaired) electrons. The molecule has 2 N–H and O–H groups in total. The van der Waals surface area contributed by atoms with Crippen molar-refractivity contribution in [1.82, 2.24) is 10.1 Å². The van der Waals surface area contributed by atoms with E-state index in [1.165, 1.54) is 19.2 Å². The van der Waals surface area contributed by atoms with Crippen LogP contribution in [0.15, 0.2) is 47.0 Å². The molecule has 3 aromatic rings. The van der Waals surface area contributed by atoms with E-state index in [2.05, 4.69) is 10.1 Å². The van der Waals surface area contributed by atoms with Crippen LogP contribution < -0.4 is 4.74 Å². The molecule has 0 unspecified atom stereocenters. The summed E-state index contributed by atoms with van der Waals surface area (Å²) in [5, 5.41) is 22.7. The first-order chi connectivity index (χ1) is 12.1. The maximum Gasteiger partial charge on any atom is 0.342 e. The number of carbonyl (C=O) groups excluding carboxylic acids is 1. The van der Waals surface area contributed by atoms with Gasteiger partial charge >= 0.3 is 5.97 Å². The molecular weight excluding hydrogens is 328 g/mol. The lowest BCUT2D eigenvalue weighted by atomic mass is 10.2. The zero-order chi connectivity index (χ0) is 17.8. The summed E-state index contributed by atoms with van der Waals surface area (Å²) >= 11 is 0. The first-order valence-electron chi connectivity index (χ1n) is 7.23. The number of rotatable bonds is 5. The predicted molar refractivity (Wildman–Crippen MR) is 85.2 cm³/mol. The van der Waals surface area contributed by atoms with Crippen LogP contribution in [0.1, 0.15) is 16.2 Å². The Morgan fingerprint density at radius 3 is 2.76 bits per heavy atom. The van der Waals surface area contributed by atoms with Gasteiger partial charge in [-0.1, -0.05) is 17.3 Å². The number of ether oxygens (including phenoxy) is 2. The summed E-state index contributed by atoms with van der Waals surface area (Å²) in [5.41, 5.74) is 0.560. The number of hydrogen-bond donors (Lipinski definition) is 2. The number of benzene rings is 2. The maximum absolute atomic E-state index is 12.0. The van der Waals surface area contributed by atoms with E-state index in [9.17, 15) is 15.0 Å². The van der Waals surface area contributed by atoms with Crippen LogP contribution in [-0.2, 0) is 11.3 Å². The third kappa shape index (κ3) is 3.52. The fraction of sp³-hybridized carbons (Fsp3) is 0.118. The Hall–Kier alpha value is -3.55. The van der Waals surface area contributed by atoms with Gasteiger partial charge < -0.3 is 24.2 Å².